The van der Waals surface area contributed by atoms with Crippen LogP contribution >= 0.6 is 0 Å². The molecular weight excluding hydrogens is 252 g/mol. The summed E-state index contributed by atoms with van der Waals surface area (Å²) in [4.78, 5) is 2.12. The minimum atomic E-state index is -0.787. The number of nitrogens with zero attached hydrogens (tertiary/aromatic N) is 1. The van der Waals surface area contributed by atoms with Crippen LogP contribution in [0, 0.1) is 5.92 Å². The highest BCUT2D eigenvalue weighted by Crippen LogP contribution is 2.30. The molecule has 20 heavy (non-hydrogen) atoms. The molecule has 3 atom stereocenters. The molecule has 2 N–H and O–H groups in total. The first-order valence-electron chi connectivity index (χ1n) is 7.64. The Morgan fingerprint density at radius 1 is 1.30 bits per heavy atom. The number of hydrogen-bond acceptors (Lipinski definition) is 4. The van der Waals surface area contributed by atoms with Gasteiger partial charge in [0.05, 0.1) is 6.61 Å². The molecule has 0 spiro atoms. The first-order valence-corrected chi connectivity index (χ1v) is 7.64. The zero-order valence-corrected chi connectivity index (χ0v) is 11.9. The summed E-state index contributed by atoms with van der Waals surface area (Å²) in [6, 6.07) is 10.4. The number of ether oxygens (including phenoxy) is 1. The van der Waals surface area contributed by atoms with Crippen LogP contribution in [0.1, 0.15) is 24.8 Å². The Balaban J connectivity index is 1.55. The van der Waals surface area contributed by atoms with Crippen LogP contribution in [0.2, 0.25) is 0 Å². The third-order valence-corrected chi connectivity index (χ3v) is 4.54. The second-order valence-corrected chi connectivity index (χ2v) is 5.82. The van der Waals surface area contributed by atoms with Crippen molar-refractivity contribution in [3.8, 4) is 0 Å². The zero-order chi connectivity index (χ0) is 13.8. The van der Waals surface area contributed by atoms with Crippen molar-refractivity contribution < 1.29 is 9.84 Å². The van der Waals surface area contributed by atoms with Crippen molar-refractivity contribution in [1.29, 1.82) is 0 Å². The maximum atomic E-state index is 10.3. The number of likely N-dealkylation sites (tertiary alicyclic amines) is 1. The fourth-order valence-corrected chi connectivity index (χ4v) is 3.42. The van der Waals surface area contributed by atoms with E-state index in [9.17, 15) is 5.11 Å². The smallest absolute Gasteiger partial charge is 0.216 e. The van der Waals surface area contributed by atoms with Gasteiger partial charge >= 0.3 is 0 Å². The Kier molecular flexibility index (Phi) is 4.68. The number of fused-ring (bicyclic) bond motifs is 1. The van der Waals surface area contributed by atoms with Crippen LogP contribution in [0.15, 0.2) is 30.3 Å². The molecule has 0 bridgehead atoms. The largest absolute Gasteiger partial charge is 0.356 e. The van der Waals surface area contributed by atoms with Gasteiger partial charge in [-0.1, -0.05) is 30.3 Å². The average Bonchev–Trinajstić information content (AvgIpc) is 2.75. The molecule has 0 aromatic heterocycles. The second-order valence-electron chi connectivity index (χ2n) is 5.82. The molecule has 2 aliphatic heterocycles. The van der Waals surface area contributed by atoms with Gasteiger partial charge < -0.3 is 15.2 Å². The molecule has 1 aromatic rings. The summed E-state index contributed by atoms with van der Waals surface area (Å²) in [6.45, 7) is 3.47. The van der Waals surface area contributed by atoms with E-state index in [2.05, 4.69) is 10.2 Å². The molecule has 1 aromatic carbocycles. The molecule has 0 aliphatic carbocycles. The number of nitrogens with one attached hydrogen (secondary N) is 1. The first-order chi connectivity index (χ1) is 9.84. The van der Waals surface area contributed by atoms with E-state index in [0.717, 1.165) is 25.2 Å². The molecule has 4 heteroatoms. The molecule has 2 saturated heterocycles. The highest BCUT2D eigenvalue weighted by Gasteiger charge is 2.38. The van der Waals surface area contributed by atoms with Gasteiger partial charge in [-0.2, -0.15) is 0 Å². The summed E-state index contributed by atoms with van der Waals surface area (Å²) < 4.78 is 5.66. The number of rotatable bonds is 4. The van der Waals surface area contributed by atoms with Gasteiger partial charge in [0.25, 0.3) is 0 Å². The van der Waals surface area contributed by atoms with Gasteiger partial charge in [0.1, 0.15) is 0 Å². The standard InChI is InChI=1S/C16H24N2O2/c19-16(20-12-13-5-2-1-3-6-13)18-10-8-14-7-4-9-17-11-15(14)18/h1-3,5-6,14-17,19H,4,7-12H2/t14-,15-,16?/m1/s1. The van der Waals surface area contributed by atoms with Crippen molar-refractivity contribution in [1.82, 2.24) is 10.2 Å². The van der Waals surface area contributed by atoms with Crippen molar-refractivity contribution in [2.75, 3.05) is 19.6 Å². The minimum absolute atomic E-state index is 0.420. The van der Waals surface area contributed by atoms with E-state index in [1.165, 1.54) is 19.3 Å². The van der Waals surface area contributed by atoms with Crippen LogP contribution in [-0.4, -0.2) is 42.1 Å². The lowest BCUT2D eigenvalue weighted by molar-refractivity contribution is -0.205. The number of benzene rings is 1. The van der Waals surface area contributed by atoms with Gasteiger partial charge in [-0.3, -0.25) is 4.90 Å². The molecular formula is C16H24N2O2. The quantitative estimate of drug-likeness (QED) is 0.819. The molecule has 0 saturated carbocycles. The number of aliphatic hydroxyl groups is 1. The van der Waals surface area contributed by atoms with Gasteiger partial charge in [0.15, 0.2) is 0 Å². The van der Waals surface area contributed by atoms with Crippen LogP contribution in [0.5, 0.6) is 0 Å². The Morgan fingerprint density at radius 2 is 2.15 bits per heavy atom. The highest BCUT2D eigenvalue weighted by molar-refractivity contribution is 5.13. The monoisotopic (exact) mass is 276 g/mol. The predicted molar refractivity (Wildman–Crippen MR) is 77.9 cm³/mol. The van der Waals surface area contributed by atoms with Crippen LogP contribution in [0.3, 0.4) is 0 Å². The molecule has 3 rings (SSSR count). The zero-order valence-electron chi connectivity index (χ0n) is 11.9. The summed E-state index contributed by atoms with van der Waals surface area (Å²) in [5.74, 6) is 0.708. The summed E-state index contributed by atoms with van der Waals surface area (Å²) in [6.07, 6.45) is 2.90. The molecule has 2 aliphatic rings. The second kappa shape index (κ2) is 6.68. The van der Waals surface area contributed by atoms with Crippen LogP contribution < -0.4 is 5.32 Å². The molecule has 1 unspecified atom stereocenters. The average molecular weight is 276 g/mol. The molecule has 4 nitrogen and oxygen atoms in total. The topological polar surface area (TPSA) is 44.7 Å². The van der Waals surface area contributed by atoms with Crippen LogP contribution in [-0.2, 0) is 11.3 Å². The SMILES string of the molecule is OC(OCc1ccccc1)N1CC[C@H]2CCCNC[C@H]21. The summed E-state index contributed by atoms with van der Waals surface area (Å²) in [5.41, 5.74) is 1.10. The van der Waals surface area contributed by atoms with Crippen LogP contribution in [0.25, 0.3) is 0 Å². The van der Waals surface area contributed by atoms with E-state index in [-0.39, 0.29) is 0 Å². The number of aliphatic hydroxyl groups excluding tert-OH is 1. The molecule has 2 heterocycles. The van der Waals surface area contributed by atoms with Gasteiger partial charge in [-0.05, 0) is 37.3 Å². The first kappa shape index (κ1) is 14.0. The third-order valence-electron chi connectivity index (χ3n) is 4.54. The Labute approximate surface area is 120 Å². The van der Waals surface area contributed by atoms with Crippen molar-refractivity contribution in [2.45, 2.75) is 38.3 Å². The van der Waals surface area contributed by atoms with E-state index < -0.39 is 6.41 Å². The van der Waals surface area contributed by atoms with E-state index >= 15 is 0 Å². The summed E-state index contributed by atoms with van der Waals surface area (Å²) in [5, 5.41) is 13.8. The Morgan fingerprint density at radius 3 is 3.00 bits per heavy atom. The lowest BCUT2D eigenvalue weighted by Gasteiger charge is -2.30. The van der Waals surface area contributed by atoms with Crippen molar-refractivity contribution in [3.05, 3.63) is 35.9 Å². The minimum Gasteiger partial charge on any atom is -0.356 e. The van der Waals surface area contributed by atoms with E-state index in [1.807, 2.05) is 30.3 Å². The van der Waals surface area contributed by atoms with E-state index in [4.69, 9.17) is 4.74 Å². The van der Waals surface area contributed by atoms with E-state index in [0.29, 0.717) is 18.6 Å². The van der Waals surface area contributed by atoms with Crippen molar-refractivity contribution in [3.63, 3.8) is 0 Å². The lowest BCUT2D eigenvalue weighted by Crippen LogP contribution is -2.46. The summed E-state index contributed by atoms with van der Waals surface area (Å²) in [7, 11) is 0. The van der Waals surface area contributed by atoms with Crippen molar-refractivity contribution in [2.24, 2.45) is 5.92 Å². The fraction of sp³-hybridized carbons (Fsp3) is 0.625. The molecule has 0 radical (unpaired) electrons. The van der Waals surface area contributed by atoms with Gasteiger partial charge in [0.2, 0.25) is 6.41 Å². The third kappa shape index (κ3) is 3.20. The normalized spacial score (nSPS) is 28.9. The van der Waals surface area contributed by atoms with Crippen molar-refractivity contribution >= 4 is 0 Å². The van der Waals surface area contributed by atoms with Gasteiger partial charge in [-0.15, -0.1) is 0 Å². The fourth-order valence-electron chi connectivity index (χ4n) is 3.42. The molecule has 0 amide bonds. The lowest BCUT2D eigenvalue weighted by atomic mass is 9.96. The van der Waals surface area contributed by atoms with E-state index in [1.54, 1.807) is 0 Å². The summed E-state index contributed by atoms with van der Waals surface area (Å²) >= 11 is 0. The Hall–Kier alpha value is -0.940. The maximum absolute atomic E-state index is 10.3. The maximum Gasteiger partial charge on any atom is 0.216 e. The molecule has 110 valence electrons. The highest BCUT2D eigenvalue weighted by atomic mass is 16.6. The van der Waals surface area contributed by atoms with Crippen LogP contribution in [0.4, 0.5) is 0 Å². The predicted octanol–water partition coefficient (Wildman–Crippen LogP) is 1.55. The number of hydrogen-bond donors (Lipinski definition) is 2. The van der Waals surface area contributed by atoms with Gasteiger partial charge in [0, 0.05) is 19.1 Å². The Bertz CT molecular complexity index is 412. The molecule has 2 fully saturated rings. The van der Waals surface area contributed by atoms with Gasteiger partial charge in [-0.25, -0.2) is 0 Å².